The minimum absolute atomic E-state index is 0.0441. The zero-order valence-corrected chi connectivity index (χ0v) is 34.7. The first-order valence-corrected chi connectivity index (χ1v) is 20.0. The van der Waals surface area contributed by atoms with Crippen LogP contribution >= 0.6 is 0 Å². The van der Waals surface area contributed by atoms with Crippen LogP contribution < -0.4 is 10.1 Å². The number of allylic oxidation sites excluding steroid dienone is 3. The molecule has 1 aromatic rings. The fraction of sp³-hybridized carbons (Fsp3) is 0.581. The molecule has 0 spiro atoms. The van der Waals surface area contributed by atoms with Gasteiger partial charge in [-0.2, -0.15) is 0 Å². The Kier molecular flexibility index (Phi) is 12.4. The van der Waals surface area contributed by atoms with Gasteiger partial charge in [-0.05, 0) is 57.8 Å². The highest BCUT2D eigenvalue weighted by molar-refractivity contribution is 6.32. The second-order valence-electron chi connectivity index (χ2n) is 16.6. The summed E-state index contributed by atoms with van der Waals surface area (Å²) in [6.45, 7) is 12.2. The van der Waals surface area contributed by atoms with E-state index in [2.05, 4.69) is 5.32 Å². The molecule has 1 saturated heterocycles. The van der Waals surface area contributed by atoms with Gasteiger partial charge < -0.3 is 49.4 Å². The third-order valence-electron chi connectivity index (χ3n) is 12.4. The monoisotopic (exact) mass is 822 g/mol. The first kappa shape index (κ1) is 43.8. The van der Waals surface area contributed by atoms with E-state index in [1.807, 2.05) is 0 Å². The molecule has 7 rings (SSSR count). The van der Waals surface area contributed by atoms with E-state index < -0.39 is 113 Å². The summed E-state index contributed by atoms with van der Waals surface area (Å²) in [6.07, 6.45) is 0.385. The summed E-state index contributed by atoms with van der Waals surface area (Å²) in [7, 11) is 1.42. The number of aliphatic hydroxyl groups is 3. The quantitative estimate of drug-likeness (QED) is 0.276. The Morgan fingerprint density at radius 3 is 2.29 bits per heavy atom. The Morgan fingerprint density at radius 2 is 1.64 bits per heavy atom. The molecule has 1 saturated carbocycles. The van der Waals surface area contributed by atoms with E-state index in [4.69, 9.17) is 28.7 Å². The van der Waals surface area contributed by atoms with Crippen molar-refractivity contribution < 1.29 is 68.1 Å². The molecular weight excluding hydrogens is 768 g/mol. The number of Topliss-reactive ketones (excluding diaryl/α,β-unsaturated/α-hetero) is 2. The van der Waals surface area contributed by atoms with Crippen molar-refractivity contribution in [2.75, 3.05) is 7.11 Å². The maximum atomic E-state index is 14.5. The molecule has 59 heavy (non-hydrogen) atoms. The van der Waals surface area contributed by atoms with Gasteiger partial charge in [0.25, 0.3) is 11.7 Å². The van der Waals surface area contributed by atoms with E-state index >= 15 is 0 Å². The standard InChI is InChI=1S/C43H54N2O14/c1-17-14-29(47)24-15-25(24)36(50)19(3)35(49)20(4)39(58-23(7)46)18(2)30(55-9)12-13-56-43(8)41(53)34-32-27(44-26-10-11-31(48)57-22(26)6)16-28(45-42(17)54)38(52)33(32)37(51)21(5)40(34)59-43/h12-14,16,18-20,22,24-26,30-31,35-36,39,48-51H,10-11,15H2,1-9H3,(H,45,54)/b13-12?,17-14-,44-27?. The molecule has 320 valence electrons. The number of benzene rings is 1. The highest BCUT2D eigenvalue weighted by atomic mass is 16.7. The number of carbonyl (C=O) groups excluding carboxylic acids is 5. The van der Waals surface area contributed by atoms with Crippen LogP contribution in [0.4, 0.5) is 0 Å². The van der Waals surface area contributed by atoms with Crippen LogP contribution in [0.3, 0.4) is 0 Å². The number of ketones is 3. The summed E-state index contributed by atoms with van der Waals surface area (Å²) in [5.74, 6) is -9.25. The molecule has 1 amide bonds. The summed E-state index contributed by atoms with van der Waals surface area (Å²) in [5, 5.41) is 47.2. The zero-order chi connectivity index (χ0) is 43.4. The van der Waals surface area contributed by atoms with E-state index in [1.54, 1.807) is 27.7 Å². The van der Waals surface area contributed by atoms with Gasteiger partial charge in [-0.25, -0.2) is 0 Å². The highest BCUT2D eigenvalue weighted by Crippen LogP contribution is 2.49. The average Bonchev–Trinajstić information content (AvgIpc) is 3.94. The number of nitrogens with zero attached hydrogens (tertiary/aromatic N) is 1. The minimum Gasteiger partial charge on any atom is -0.507 e. The second-order valence-corrected chi connectivity index (χ2v) is 16.6. The molecule has 0 radical (unpaired) electrons. The molecule has 2 fully saturated rings. The molecule has 16 heteroatoms. The third-order valence-corrected chi connectivity index (χ3v) is 12.4. The Labute approximate surface area is 342 Å². The van der Waals surface area contributed by atoms with Crippen LogP contribution in [0, 0.1) is 36.5 Å². The number of hydrogen-bond acceptors (Lipinski definition) is 15. The van der Waals surface area contributed by atoms with Crippen molar-refractivity contribution in [3.8, 4) is 11.5 Å². The molecule has 13 unspecified atom stereocenters. The SMILES string of the molecule is COC1C=COC2(C)Oc3c(C)c(O)c4c(c3C2=O)C(=NC2CCC(O)OC2C)C=C(NC(=O)/C(C)=C\C(=O)C2CC2C(O)C(C)C(O)C(C)C(OC(C)=O)C1C)C4=O. The molecule has 6 aliphatic rings. The lowest BCUT2D eigenvalue weighted by Crippen LogP contribution is -2.46. The number of ether oxygens (including phenoxy) is 5. The number of aliphatic imine (C=N–C) groups is 1. The lowest BCUT2D eigenvalue weighted by atomic mass is 9.79. The lowest BCUT2D eigenvalue weighted by Gasteiger charge is -2.37. The van der Waals surface area contributed by atoms with Crippen molar-refractivity contribution in [3.05, 3.63) is 58.0 Å². The Balaban J connectivity index is 1.48. The smallest absolute Gasteiger partial charge is 0.312 e. The van der Waals surface area contributed by atoms with Crippen molar-refractivity contribution in [1.29, 1.82) is 0 Å². The summed E-state index contributed by atoms with van der Waals surface area (Å²) in [5.41, 5.74) is -0.683. The first-order valence-electron chi connectivity index (χ1n) is 20.0. The molecule has 2 aliphatic carbocycles. The molecule has 16 nitrogen and oxygen atoms in total. The average molecular weight is 823 g/mol. The molecule has 5 bridgehead atoms. The maximum Gasteiger partial charge on any atom is 0.312 e. The van der Waals surface area contributed by atoms with Crippen LogP contribution in [-0.2, 0) is 33.3 Å². The molecule has 13 atom stereocenters. The highest BCUT2D eigenvalue weighted by Gasteiger charge is 2.52. The number of aromatic hydroxyl groups is 1. The fourth-order valence-corrected chi connectivity index (χ4v) is 8.69. The molecule has 4 heterocycles. The number of phenolic OH excluding ortho intramolecular Hbond substituents is 1. The van der Waals surface area contributed by atoms with Gasteiger partial charge in [0.2, 0.25) is 5.78 Å². The zero-order valence-electron chi connectivity index (χ0n) is 34.7. The van der Waals surface area contributed by atoms with E-state index in [-0.39, 0.29) is 51.4 Å². The van der Waals surface area contributed by atoms with Gasteiger partial charge in [0, 0.05) is 67.7 Å². The molecule has 0 aromatic heterocycles. The number of fused-ring (bicyclic) bond motifs is 12. The van der Waals surface area contributed by atoms with Crippen LogP contribution in [0.5, 0.6) is 11.5 Å². The number of hydrogen-bond donors (Lipinski definition) is 5. The summed E-state index contributed by atoms with van der Waals surface area (Å²) in [6, 6.07) is -0.576. The number of nitrogens with one attached hydrogen (secondary N) is 1. The topological polar surface area (TPSA) is 237 Å². The molecule has 5 N–H and O–H groups in total. The number of amides is 1. The fourth-order valence-electron chi connectivity index (χ4n) is 8.69. The van der Waals surface area contributed by atoms with Gasteiger partial charge in [0.15, 0.2) is 12.1 Å². The van der Waals surface area contributed by atoms with Gasteiger partial charge in [-0.15, -0.1) is 0 Å². The van der Waals surface area contributed by atoms with Crippen LogP contribution in [0.2, 0.25) is 0 Å². The largest absolute Gasteiger partial charge is 0.507 e. The molecule has 4 aliphatic heterocycles. The van der Waals surface area contributed by atoms with Crippen LogP contribution in [0.25, 0.3) is 0 Å². The minimum atomic E-state index is -2.03. The molecular formula is C43H54N2O14. The van der Waals surface area contributed by atoms with Gasteiger partial charge in [0.1, 0.15) is 17.6 Å². The number of aliphatic hydroxyl groups excluding tert-OH is 3. The Hall–Kier alpha value is -4.74. The number of methoxy groups -OCH3 is 1. The summed E-state index contributed by atoms with van der Waals surface area (Å²) >= 11 is 0. The van der Waals surface area contributed by atoms with Crippen LogP contribution in [0.1, 0.15) is 99.6 Å². The molecule has 1 aromatic carbocycles. The van der Waals surface area contributed by atoms with E-state index in [9.17, 15) is 44.4 Å². The summed E-state index contributed by atoms with van der Waals surface area (Å²) < 4.78 is 29.3. The van der Waals surface area contributed by atoms with E-state index in [1.165, 1.54) is 53.2 Å². The predicted octanol–water partition coefficient (Wildman–Crippen LogP) is 3.14. The van der Waals surface area contributed by atoms with Gasteiger partial charge in [0.05, 0.1) is 59.3 Å². The third kappa shape index (κ3) is 8.25. The van der Waals surface area contributed by atoms with E-state index in [0.717, 1.165) is 6.08 Å². The van der Waals surface area contributed by atoms with Gasteiger partial charge >= 0.3 is 11.8 Å². The van der Waals surface area contributed by atoms with Gasteiger partial charge in [-0.3, -0.25) is 29.0 Å². The van der Waals surface area contributed by atoms with Crippen molar-refractivity contribution in [2.24, 2.45) is 34.6 Å². The number of carbonyl (C=O) groups is 5. The first-order chi connectivity index (χ1) is 27.7. The number of esters is 1. The number of rotatable bonds is 3. The van der Waals surface area contributed by atoms with Crippen LogP contribution in [0.15, 0.2) is 40.8 Å². The van der Waals surface area contributed by atoms with E-state index in [0.29, 0.717) is 12.8 Å². The van der Waals surface area contributed by atoms with Crippen molar-refractivity contribution >= 4 is 34.9 Å². The number of phenols is 1. The van der Waals surface area contributed by atoms with Crippen LogP contribution in [-0.4, -0.2) is 111 Å². The van der Waals surface area contributed by atoms with Crippen molar-refractivity contribution in [2.45, 2.75) is 123 Å². The Bertz CT molecular complexity index is 2050. The van der Waals surface area contributed by atoms with Crippen molar-refractivity contribution in [1.82, 2.24) is 5.32 Å². The summed E-state index contributed by atoms with van der Waals surface area (Å²) in [4.78, 5) is 73.1. The maximum absolute atomic E-state index is 14.5. The lowest BCUT2D eigenvalue weighted by molar-refractivity contribution is -0.162. The second kappa shape index (κ2) is 16.7. The van der Waals surface area contributed by atoms with Gasteiger partial charge in [-0.1, -0.05) is 20.8 Å². The Morgan fingerprint density at radius 1 is 0.949 bits per heavy atom. The normalized spacial score (nSPS) is 38.1. The predicted molar refractivity (Wildman–Crippen MR) is 209 cm³/mol. The van der Waals surface area contributed by atoms with Crippen molar-refractivity contribution in [3.63, 3.8) is 0 Å².